The van der Waals surface area contributed by atoms with Gasteiger partial charge in [-0.3, -0.25) is 0 Å². The summed E-state index contributed by atoms with van der Waals surface area (Å²) in [6, 6.07) is 20.4. The van der Waals surface area contributed by atoms with E-state index in [1.165, 1.54) is 5.56 Å². The standard InChI is InChI=1S/C21H23NO2/c1-16(19-11-7-4-8-12-19)22-14-13-20(17(22)2)21(23)24-15-18-9-5-3-6-10-18/h3-12,16H,13-15H2,1-2H3/t16-/m0/s1. The van der Waals surface area contributed by atoms with Gasteiger partial charge in [0.15, 0.2) is 0 Å². The highest BCUT2D eigenvalue weighted by molar-refractivity contribution is 5.89. The number of nitrogens with zero attached hydrogens (tertiary/aromatic N) is 1. The monoisotopic (exact) mass is 321 g/mol. The van der Waals surface area contributed by atoms with Crippen LogP contribution in [0.1, 0.15) is 37.4 Å². The van der Waals surface area contributed by atoms with Crippen molar-refractivity contribution >= 4 is 5.97 Å². The molecule has 1 heterocycles. The summed E-state index contributed by atoms with van der Waals surface area (Å²) in [4.78, 5) is 14.7. The fraction of sp³-hybridized carbons (Fsp3) is 0.286. The Morgan fingerprint density at radius 1 is 1.08 bits per heavy atom. The average molecular weight is 321 g/mol. The number of hydrogen-bond donors (Lipinski definition) is 0. The smallest absolute Gasteiger partial charge is 0.336 e. The molecule has 24 heavy (non-hydrogen) atoms. The zero-order valence-corrected chi connectivity index (χ0v) is 14.2. The van der Waals surface area contributed by atoms with Crippen molar-refractivity contribution in [3.05, 3.63) is 83.1 Å². The molecule has 1 aliphatic rings. The van der Waals surface area contributed by atoms with Crippen molar-refractivity contribution in [3.8, 4) is 0 Å². The highest BCUT2D eigenvalue weighted by atomic mass is 16.5. The summed E-state index contributed by atoms with van der Waals surface area (Å²) in [7, 11) is 0. The fourth-order valence-corrected chi connectivity index (χ4v) is 3.21. The molecule has 3 heteroatoms. The topological polar surface area (TPSA) is 29.5 Å². The molecule has 1 atom stereocenters. The zero-order chi connectivity index (χ0) is 16.9. The molecule has 0 aliphatic carbocycles. The van der Waals surface area contributed by atoms with Crippen molar-refractivity contribution in [1.29, 1.82) is 0 Å². The molecule has 0 fully saturated rings. The predicted octanol–water partition coefficient (Wildman–Crippen LogP) is 4.47. The Hall–Kier alpha value is -2.55. The maximum atomic E-state index is 12.4. The molecule has 0 aromatic heterocycles. The third-order valence-electron chi connectivity index (χ3n) is 4.68. The molecule has 0 amide bonds. The summed E-state index contributed by atoms with van der Waals surface area (Å²) < 4.78 is 5.49. The van der Waals surface area contributed by atoms with Crippen LogP contribution in [0, 0.1) is 0 Å². The maximum Gasteiger partial charge on any atom is 0.336 e. The molecule has 0 saturated carbocycles. The van der Waals surface area contributed by atoms with Crippen LogP contribution in [0.3, 0.4) is 0 Å². The summed E-state index contributed by atoms with van der Waals surface area (Å²) in [5.41, 5.74) is 4.10. The third-order valence-corrected chi connectivity index (χ3v) is 4.68. The Kier molecular flexibility index (Phi) is 4.99. The minimum absolute atomic E-state index is 0.195. The van der Waals surface area contributed by atoms with Gasteiger partial charge in [-0.25, -0.2) is 4.79 Å². The van der Waals surface area contributed by atoms with Gasteiger partial charge < -0.3 is 9.64 Å². The molecule has 0 spiro atoms. The van der Waals surface area contributed by atoms with Crippen molar-refractivity contribution in [2.24, 2.45) is 0 Å². The number of benzene rings is 2. The number of esters is 1. The lowest BCUT2D eigenvalue weighted by Crippen LogP contribution is -2.22. The van der Waals surface area contributed by atoms with E-state index in [2.05, 4.69) is 36.1 Å². The molecule has 3 nitrogen and oxygen atoms in total. The van der Waals surface area contributed by atoms with Crippen LogP contribution in [-0.4, -0.2) is 17.4 Å². The quantitative estimate of drug-likeness (QED) is 0.761. The van der Waals surface area contributed by atoms with E-state index in [4.69, 9.17) is 4.74 Å². The highest BCUT2D eigenvalue weighted by Crippen LogP contribution is 2.32. The van der Waals surface area contributed by atoms with Gasteiger partial charge in [0.05, 0.1) is 11.6 Å². The molecule has 0 radical (unpaired) electrons. The lowest BCUT2D eigenvalue weighted by Gasteiger charge is -2.28. The van der Waals surface area contributed by atoms with Crippen molar-refractivity contribution in [1.82, 2.24) is 4.90 Å². The molecule has 124 valence electrons. The number of allylic oxidation sites excluding steroid dienone is 1. The number of ether oxygens (including phenoxy) is 1. The van der Waals surface area contributed by atoms with Gasteiger partial charge in [0.1, 0.15) is 6.61 Å². The Labute approximate surface area is 143 Å². The normalized spacial score (nSPS) is 15.5. The van der Waals surface area contributed by atoms with Crippen molar-refractivity contribution in [2.45, 2.75) is 32.9 Å². The fourth-order valence-electron chi connectivity index (χ4n) is 3.21. The van der Waals surface area contributed by atoms with Crippen molar-refractivity contribution < 1.29 is 9.53 Å². The van der Waals surface area contributed by atoms with Gasteiger partial charge in [0.2, 0.25) is 0 Å². The van der Waals surface area contributed by atoms with Gasteiger partial charge in [-0.2, -0.15) is 0 Å². The average Bonchev–Trinajstić information content (AvgIpc) is 3.02. The van der Waals surface area contributed by atoms with Crippen LogP contribution in [0.4, 0.5) is 0 Å². The second-order valence-electron chi connectivity index (χ2n) is 6.16. The van der Waals surface area contributed by atoms with Crippen LogP contribution < -0.4 is 0 Å². The lowest BCUT2D eigenvalue weighted by atomic mass is 10.1. The van der Waals surface area contributed by atoms with Gasteiger partial charge >= 0.3 is 5.97 Å². The first-order valence-electron chi connectivity index (χ1n) is 8.39. The van der Waals surface area contributed by atoms with Gasteiger partial charge in [-0.15, -0.1) is 0 Å². The number of carbonyl (C=O) groups excluding carboxylic acids is 1. The molecular weight excluding hydrogens is 298 g/mol. The summed E-state index contributed by atoms with van der Waals surface area (Å²) in [5, 5.41) is 0. The van der Waals surface area contributed by atoms with Crippen LogP contribution in [0.25, 0.3) is 0 Å². The second-order valence-corrected chi connectivity index (χ2v) is 6.16. The SMILES string of the molecule is CC1=C(C(=O)OCc2ccccc2)CCN1[C@@H](C)c1ccccc1. The summed E-state index contributed by atoms with van der Waals surface area (Å²) in [6.45, 7) is 5.38. The Morgan fingerprint density at radius 3 is 2.38 bits per heavy atom. The van der Waals surface area contributed by atoms with Gasteiger partial charge in [-0.1, -0.05) is 60.7 Å². The highest BCUT2D eigenvalue weighted by Gasteiger charge is 2.28. The molecular formula is C21H23NO2. The Morgan fingerprint density at radius 2 is 1.71 bits per heavy atom. The van der Waals surface area contributed by atoms with Gasteiger partial charge in [0.25, 0.3) is 0 Å². The van der Waals surface area contributed by atoms with E-state index in [9.17, 15) is 4.79 Å². The second kappa shape index (κ2) is 7.35. The molecule has 1 aliphatic heterocycles. The van der Waals surface area contributed by atoms with Gasteiger partial charge in [-0.05, 0) is 31.4 Å². The Bertz CT molecular complexity index is 722. The van der Waals surface area contributed by atoms with Crippen LogP contribution in [-0.2, 0) is 16.1 Å². The minimum atomic E-state index is -0.195. The molecule has 0 unspecified atom stereocenters. The molecule has 2 aromatic rings. The molecule has 0 N–H and O–H groups in total. The first-order chi connectivity index (χ1) is 11.7. The van der Waals surface area contributed by atoms with Gasteiger partial charge in [0, 0.05) is 12.2 Å². The number of hydrogen-bond acceptors (Lipinski definition) is 3. The lowest BCUT2D eigenvalue weighted by molar-refractivity contribution is -0.140. The molecule has 2 aromatic carbocycles. The van der Waals surface area contributed by atoms with Crippen LogP contribution >= 0.6 is 0 Å². The Balaban J connectivity index is 1.67. The van der Waals surface area contributed by atoms with Crippen molar-refractivity contribution in [3.63, 3.8) is 0 Å². The first kappa shape index (κ1) is 16.3. The van der Waals surface area contributed by atoms with Crippen LogP contribution in [0.15, 0.2) is 71.9 Å². The van der Waals surface area contributed by atoms with Crippen molar-refractivity contribution in [2.75, 3.05) is 6.54 Å². The van der Waals surface area contributed by atoms with Crippen LogP contribution in [0.5, 0.6) is 0 Å². The molecule has 3 rings (SSSR count). The summed E-state index contributed by atoms with van der Waals surface area (Å²) in [5.74, 6) is -0.195. The number of rotatable bonds is 5. The van der Waals surface area contributed by atoms with E-state index in [1.54, 1.807) is 0 Å². The molecule has 0 bridgehead atoms. The van der Waals surface area contributed by atoms with E-state index in [1.807, 2.05) is 43.3 Å². The third kappa shape index (κ3) is 3.51. The molecule has 0 saturated heterocycles. The van der Waals surface area contributed by atoms with Crippen LogP contribution in [0.2, 0.25) is 0 Å². The number of carbonyl (C=O) groups is 1. The summed E-state index contributed by atoms with van der Waals surface area (Å²) >= 11 is 0. The zero-order valence-electron chi connectivity index (χ0n) is 14.2. The predicted molar refractivity (Wildman–Crippen MR) is 95.1 cm³/mol. The van der Waals surface area contributed by atoms with E-state index in [-0.39, 0.29) is 12.0 Å². The van der Waals surface area contributed by atoms with E-state index in [0.29, 0.717) is 6.61 Å². The summed E-state index contributed by atoms with van der Waals surface area (Å²) in [6.07, 6.45) is 0.747. The largest absolute Gasteiger partial charge is 0.457 e. The minimum Gasteiger partial charge on any atom is -0.457 e. The first-order valence-corrected chi connectivity index (χ1v) is 8.39. The van der Waals surface area contributed by atoms with E-state index < -0.39 is 0 Å². The maximum absolute atomic E-state index is 12.4. The van der Waals surface area contributed by atoms with E-state index >= 15 is 0 Å². The van der Waals surface area contributed by atoms with E-state index in [0.717, 1.165) is 29.8 Å².